The lowest BCUT2D eigenvalue weighted by Gasteiger charge is -2.18. The molecule has 1 fully saturated rings. The van der Waals surface area contributed by atoms with Crippen molar-refractivity contribution in [2.75, 3.05) is 27.3 Å². The van der Waals surface area contributed by atoms with E-state index < -0.39 is 0 Å². The number of rotatable bonds is 5. The number of pyridine rings is 1. The molecule has 0 aliphatic carbocycles. The van der Waals surface area contributed by atoms with Gasteiger partial charge in [-0.2, -0.15) is 0 Å². The van der Waals surface area contributed by atoms with Gasteiger partial charge in [-0.05, 0) is 50.2 Å². The van der Waals surface area contributed by atoms with Gasteiger partial charge in [0.2, 0.25) is 0 Å². The third kappa shape index (κ3) is 3.03. The van der Waals surface area contributed by atoms with Crippen LogP contribution in [0.4, 0.5) is 0 Å². The summed E-state index contributed by atoms with van der Waals surface area (Å²) in [7, 11) is 3.44. The van der Waals surface area contributed by atoms with E-state index in [1.165, 1.54) is 11.3 Å². The fourth-order valence-corrected chi connectivity index (χ4v) is 3.96. The van der Waals surface area contributed by atoms with E-state index in [4.69, 9.17) is 9.47 Å². The highest BCUT2D eigenvalue weighted by Crippen LogP contribution is 2.36. The molecule has 1 aliphatic heterocycles. The average molecular weight is 351 g/mol. The van der Waals surface area contributed by atoms with Crippen LogP contribution in [0.3, 0.4) is 0 Å². The van der Waals surface area contributed by atoms with E-state index in [2.05, 4.69) is 45.6 Å². The van der Waals surface area contributed by atoms with Crippen LogP contribution in [-0.2, 0) is 6.54 Å². The van der Waals surface area contributed by atoms with Gasteiger partial charge in [-0.15, -0.1) is 0 Å². The maximum Gasteiger partial charge on any atom is 0.137 e. The van der Waals surface area contributed by atoms with Crippen molar-refractivity contribution in [3.8, 4) is 11.5 Å². The largest absolute Gasteiger partial charge is 0.497 e. The molecule has 136 valence electrons. The van der Waals surface area contributed by atoms with Crippen molar-refractivity contribution in [1.82, 2.24) is 14.3 Å². The Morgan fingerprint density at radius 1 is 1.15 bits per heavy atom. The van der Waals surface area contributed by atoms with Gasteiger partial charge in [0, 0.05) is 30.8 Å². The quantitative estimate of drug-likeness (QED) is 0.703. The van der Waals surface area contributed by atoms with Crippen molar-refractivity contribution in [3.05, 3.63) is 59.5 Å². The van der Waals surface area contributed by atoms with E-state index in [1.54, 1.807) is 14.2 Å². The van der Waals surface area contributed by atoms with Gasteiger partial charge in [-0.25, -0.2) is 4.98 Å². The number of methoxy groups -OCH3 is 2. The lowest BCUT2D eigenvalue weighted by Crippen LogP contribution is -2.21. The van der Waals surface area contributed by atoms with Gasteiger partial charge in [0.25, 0.3) is 0 Å². The number of likely N-dealkylation sites (tertiary alicyclic amines) is 1. The molecule has 0 amide bonds. The Balaban J connectivity index is 1.55. The van der Waals surface area contributed by atoms with E-state index in [1.807, 2.05) is 18.2 Å². The number of aromatic nitrogens is 2. The Labute approximate surface area is 154 Å². The zero-order valence-electron chi connectivity index (χ0n) is 15.6. The maximum atomic E-state index is 5.59. The molecule has 2 aromatic heterocycles. The van der Waals surface area contributed by atoms with Gasteiger partial charge in [0.1, 0.15) is 17.1 Å². The molecule has 5 heteroatoms. The average Bonchev–Trinajstić information content (AvgIpc) is 3.26. The fourth-order valence-electron chi connectivity index (χ4n) is 3.96. The summed E-state index contributed by atoms with van der Waals surface area (Å²) in [6.45, 7) is 5.11. The van der Waals surface area contributed by atoms with Crippen molar-refractivity contribution in [2.45, 2.75) is 25.8 Å². The molecule has 1 aliphatic rings. The van der Waals surface area contributed by atoms with Crippen LogP contribution in [-0.4, -0.2) is 41.6 Å². The van der Waals surface area contributed by atoms with Gasteiger partial charge in [0.05, 0.1) is 25.6 Å². The molecule has 3 aromatic rings. The summed E-state index contributed by atoms with van der Waals surface area (Å²) in [4.78, 5) is 7.19. The third-order valence-corrected chi connectivity index (χ3v) is 5.35. The topological polar surface area (TPSA) is 39.0 Å². The van der Waals surface area contributed by atoms with Gasteiger partial charge in [0.15, 0.2) is 0 Å². The van der Waals surface area contributed by atoms with Crippen molar-refractivity contribution >= 4 is 5.65 Å². The minimum atomic E-state index is 0.458. The zero-order valence-corrected chi connectivity index (χ0v) is 15.6. The molecule has 0 spiro atoms. The first-order valence-corrected chi connectivity index (χ1v) is 9.06. The van der Waals surface area contributed by atoms with Crippen LogP contribution in [0, 0.1) is 6.92 Å². The van der Waals surface area contributed by atoms with Crippen LogP contribution in [0.1, 0.15) is 29.3 Å². The Hall–Kier alpha value is -2.53. The number of hydrogen-bond acceptors (Lipinski definition) is 4. The zero-order chi connectivity index (χ0) is 18.1. The number of hydrogen-bond donors (Lipinski definition) is 0. The molecule has 0 radical (unpaired) electrons. The van der Waals surface area contributed by atoms with E-state index in [0.29, 0.717) is 5.92 Å². The monoisotopic (exact) mass is 351 g/mol. The molecule has 1 atom stereocenters. The molecule has 1 aromatic carbocycles. The van der Waals surface area contributed by atoms with Crippen molar-refractivity contribution in [3.63, 3.8) is 0 Å². The first-order chi connectivity index (χ1) is 12.7. The SMILES string of the molecule is COc1ccc(OC)c(C2CCN(Cc3c(C)nc4ccccn34)C2)c1. The smallest absolute Gasteiger partial charge is 0.137 e. The normalized spacial score (nSPS) is 17.7. The highest BCUT2D eigenvalue weighted by molar-refractivity contribution is 5.44. The second-order valence-corrected chi connectivity index (χ2v) is 6.90. The molecule has 0 N–H and O–H groups in total. The Morgan fingerprint density at radius 3 is 2.85 bits per heavy atom. The van der Waals surface area contributed by atoms with E-state index in [-0.39, 0.29) is 0 Å². The standard InChI is InChI=1S/C21H25N3O2/c1-15-19(24-10-5-4-6-21(24)22-15)14-23-11-9-16(13-23)18-12-17(25-2)7-8-20(18)26-3/h4-8,10,12,16H,9,11,13-14H2,1-3H3. The summed E-state index contributed by atoms with van der Waals surface area (Å²) >= 11 is 0. The molecule has 0 saturated carbocycles. The van der Waals surface area contributed by atoms with Crippen molar-refractivity contribution in [2.24, 2.45) is 0 Å². The number of nitrogens with zero attached hydrogens (tertiary/aromatic N) is 3. The molecule has 26 heavy (non-hydrogen) atoms. The molecular weight excluding hydrogens is 326 g/mol. The molecular formula is C21H25N3O2. The van der Waals surface area contributed by atoms with Crippen LogP contribution in [0.15, 0.2) is 42.6 Å². The van der Waals surface area contributed by atoms with Crippen LogP contribution in [0.25, 0.3) is 5.65 Å². The number of imidazole rings is 1. The maximum absolute atomic E-state index is 5.59. The molecule has 4 rings (SSSR count). The highest BCUT2D eigenvalue weighted by atomic mass is 16.5. The number of aryl methyl sites for hydroxylation is 1. The van der Waals surface area contributed by atoms with Gasteiger partial charge in [-0.1, -0.05) is 6.07 Å². The van der Waals surface area contributed by atoms with Crippen LogP contribution < -0.4 is 9.47 Å². The van der Waals surface area contributed by atoms with E-state index in [9.17, 15) is 0 Å². The van der Waals surface area contributed by atoms with Crippen LogP contribution >= 0.6 is 0 Å². The number of benzene rings is 1. The second-order valence-electron chi connectivity index (χ2n) is 6.90. The van der Waals surface area contributed by atoms with Gasteiger partial charge >= 0.3 is 0 Å². The van der Waals surface area contributed by atoms with Gasteiger partial charge < -0.3 is 13.9 Å². The Kier molecular flexibility index (Phi) is 4.55. The molecule has 3 heterocycles. The van der Waals surface area contributed by atoms with E-state index in [0.717, 1.165) is 48.9 Å². The Morgan fingerprint density at radius 2 is 2.04 bits per heavy atom. The van der Waals surface area contributed by atoms with Gasteiger partial charge in [-0.3, -0.25) is 4.90 Å². The molecule has 0 bridgehead atoms. The second kappa shape index (κ2) is 7.00. The fraction of sp³-hybridized carbons (Fsp3) is 0.381. The minimum Gasteiger partial charge on any atom is -0.497 e. The van der Waals surface area contributed by atoms with Crippen LogP contribution in [0.2, 0.25) is 0 Å². The van der Waals surface area contributed by atoms with Crippen LogP contribution in [0.5, 0.6) is 11.5 Å². The number of fused-ring (bicyclic) bond motifs is 1. The summed E-state index contributed by atoms with van der Waals surface area (Å²) in [5.41, 5.74) is 4.65. The molecule has 1 unspecified atom stereocenters. The lowest BCUT2D eigenvalue weighted by atomic mass is 9.97. The summed E-state index contributed by atoms with van der Waals surface area (Å²) in [5.74, 6) is 2.29. The summed E-state index contributed by atoms with van der Waals surface area (Å²) in [6, 6.07) is 12.2. The molecule has 5 nitrogen and oxygen atoms in total. The predicted octanol–water partition coefficient (Wildman–Crippen LogP) is 3.65. The number of ether oxygens (including phenoxy) is 2. The first-order valence-electron chi connectivity index (χ1n) is 9.06. The Bertz CT molecular complexity index is 919. The van der Waals surface area contributed by atoms with Crippen molar-refractivity contribution in [1.29, 1.82) is 0 Å². The highest BCUT2D eigenvalue weighted by Gasteiger charge is 2.27. The summed E-state index contributed by atoms with van der Waals surface area (Å²) in [6.07, 6.45) is 3.22. The molecule has 1 saturated heterocycles. The third-order valence-electron chi connectivity index (χ3n) is 5.35. The van der Waals surface area contributed by atoms with Crippen molar-refractivity contribution < 1.29 is 9.47 Å². The van der Waals surface area contributed by atoms with E-state index >= 15 is 0 Å². The first kappa shape index (κ1) is 16.9. The predicted molar refractivity (Wildman–Crippen MR) is 102 cm³/mol. The minimum absolute atomic E-state index is 0.458. The lowest BCUT2D eigenvalue weighted by molar-refractivity contribution is 0.319. The summed E-state index contributed by atoms with van der Waals surface area (Å²) in [5, 5.41) is 0. The summed E-state index contributed by atoms with van der Waals surface area (Å²) < 4.78 is 13.2.